The summed E-state index contributed by atoms with van der Waals surface area (Å²) in [5, 5.41) is 10.4. The zero-order chi connectivity index (χ0) is 21.2. The molecule has 0 aliphatic carbocycles. The predicted octanol–water partition coefficient (Wildman–Crippen LogP) is 3.88. The molecule has 29 heavy (non-hydrogen) atoms. The molecule has 154 valence electrons. The number of halogens is 4. The summed E-state index contributed by atoms with van der Waals surface area (Å²) in [5.74, 6) is -0.300. The summed E-state index contributed by atoms with van der Waals surface area (Å²) in [6, 6.07) is 8.51. The highest BCUT2D eigenvalue weighted by Gasteiger charge is 2.32. The molecule has 2 aromatic heterocycles. The van der Waals surface area contributed by atoms with Crippen LogP contribution in [-0.2, 0) is 17.5 Å². The lowest BCUT2D eigenvalue weighted by Crippen LogP contribution is -2.24. The summed E-state index contributed by atoms with van der Waals surface area (Å²) < 4.78 is 40.1. The quantitative estimate of drug-likeness (QED) is 0.586. The van der Waals surface area contributed by atoms with Gasteiger partial charge in [0.05, 0.1) is 16.3 Å². The van der Waals surface area contributed by atoms with Crippen molar-refractivity contribution in [3.8, 4) is 0 Å². The minimum atomic E-state index is -4.55. The monoisotopic (exact) mass is 443 g/mol. The fourth-order valence-electron chi connectivity index (χ4n) is 2.48. The lowest BCUT2D eigenvalue weighted by atomic mass is 10.2. The van der Waals surface area contributed by atoms with Crippen LogP contribution in [0.1, 0.15) is 11.1 Å². The van der Waals surface area contributed by atoms with E-state index in [-0.39, 0.29) is 27.5 Å². The number of fused-ring (bicyclic) bond motifs is 1. The first-order valence-corrected chi connectivity index (χ1v) is 9.79. The molecule has 0 saturated carbocycles. The molecule has 0 spiro atoms. The maximum atomic E-state index is 13.0. The van der Waals surface area contributed by atoms with Crippen LogP contribution in [0, 0.1) is 0 Å². The maximum Gasteiger partial charge on any atom is 0.417 e. The van der Waals surface area contributed by atoms with Gasteiger partial charge in [-0.15, -0.1) is 10.2 Å². The Morgan fingerprint density at radius 1 is 1.24 bits per heavy atom. The van der Waals surface area contributed by atoms with Gasteiger partial charge in [-0.2, -0.15) is 13.2 Å². The number of thioether (sulfide) groups is 1. The van der Waals surface area contributed by atoms with Crippen molar-refractivity contribution in [2.45, 2.75) is 17.9 Å². The van der Waals surface area contributed by atoms with Gasteiger partial charge in [0.2, 0.25) is 5.91 Å². The summed E-state index contributed by atoms with van der Waals surface area (Å²) in [7, 11) is 3.88. The summed E-state index contributed by atoms with van der Waals surface area (Å²) in [6.45, 7) is 0.345. The summed E-state index contributed by atoms with van der Waals surface area (Å²) in [6.07, 6.45) is -3.68. The molecule has 2 heterocycles. The molecular weight excluding hydrogens is 427 g/mol. The van der Waals surface area contributed by atoms with Gasteiger partial charge < -0.3 is 10.2 Å². The Labute approximate surface area is 174 Å². The number of anilines is 1. The molecule has 0 aliphatic heterocycles. The highest BCUT2D eigenvalue weighted by molar-refractivity contribution is 7.99. The molecule has 0 bridgehead atoms. The van der Waals surface area contributed by atoms with Gasteiger partial charge in [-0.25, -0.2) is 0 Å². The van der Waals surface area contributed by atoms with E-state index < -0.39 is 11.7 Å². The lowest BCUT2D eigenvalue weighted by Gasteiger charge is -2.13. The van der Waals surface area contributed by atoms with E-state index in [4.69, 9.17) is 11.6 Å². The van der Waals surface area contributed by atoms with E-state index in [0.29, 0.717) is 6.54 Å². The van der Waals surface area contributed by atoms with Crippen LogP contribution in [0.2, 0.25) is 5.02 Å². The van der Waals surface area contributed by atoms with Crippen molar-refractivity contribution in [1.29, 1.82) is 0 Å². The molecule has 0 saturated heterocycles. The Bertz CT molecular complexity index is 1020. The van der Waals surface area contributed by atoms with Gasteiger partial charge >= 0.3 is 6.18 Å². The van der Waals surface area contributed by atoms with E-state index in [2.05, 4.69) is 15.5 Å². The van der Waals surface area contributed by atoms with E-state index in [0.717, 1.165) is 39.7 Å². The Kier molecular flexibility index (Phi) is 6.23. The Morgan fingerprint density at radius 3 is 2.55 bits per heavy atom. The van der Waals surface area contributed by atoms with Crippen molar-refractivity contribution in [1.82, 2.24) is 19.9 Å². The number of hydrogen-bond acceptors (Lipinski definition) is 5. The van der Waals surface area contributed by atoms with Gasteiger partial charge in [0.25, 0.3) is 0 Å². The van der Waals surface area contributed by atoms with E-state index in [1.165, 1.54) is 0 Å². The number of hydrogen-bond donors (Lipinski definition) is 1. The molecule has 3 aromatic rings. The highest BCUT2D eigenvalue weighted by atomic mass is 35.5. The average molecular weight is 444 g/mol. The van der Waals surface area contributed by atoms with E-state index >= 15 is 0 Å². The van der Waals surface area contributed by atoms with Gasteiger partial charge in [-0.05, 0) is 23.8 Å². The topological polar surface area (TPSA) is 62.5 Å². The summed E-state index contributed by atoms with van der Waals surface area (Å²) >= 11 is 6.86. The first-order chi connectivity index (χ1) is 13.6. The van der Waals surface area contributed by atoms with Crippen LogP contribution >= 0.6 is 23.4 Å². The Balaban J connectivity index is 1.62. The Morgan fingerprint density at radius 2 is 1.93 bits per heavy atom. The third-order valence-electron chi connectivity index (χ3n) is 4.03. The number of aromatic nitrogens is 3. The number of carbonyl (C=O) groups excluding carboxylic acids is 1. The number of alkyl halides is 3. The fourth-order valence-corrected chi connectivity index (χ4v) is 3.47. The van der Waals surface area contributed by atoms with Crippen molar-refractivity contribution in [2.24, 2.45) is 0 Å². The normalized spacial score (nSPS) is 11.7. The number of benzene rings is 1. The molecule has 1 amide bonds. The lowest BCUT2D eigenvalue weighted by molar-refractivity contribution is -0.137. The number of carbonyl (C=O) groups is 1. The molecule has 11 heteroatoms. The first kappa shape index (κ1) is 21.3. The third-order valence-corrected chi connectivity index (χ3v) is 5.25. The van der Waals surface area contributed by atoms with E-state index in [1.807, 2.05) is 43.3 Å². The van der Waals surface area contributed by atoms with Crippen molar-refractivity contribution >= 4 is 40.6 Å². The summed E-state index contributed by atoms with van der Waals surface area (Å²) in [5.41, 5.74) is 1.17. The summed E-state index contributed by atoms with van der Waals surface area (Å²) in [4.78, 5) is 14.1. The SMILES string of the molecule is CN(C)c1ccc(CNC(=O)CSc2nnc3c(Cl)cc(C(F)(F)F)cn23)cc1. The van der Waals surface area contributed by atoms with Gasteiger partial charge in [-0.3, -0.25) is 9.20 Å². The minimum Gasteiger partial charge on any atom is -0.378 e. The van der Waals surface area contributed by atoms with Crippen molar-refractivity contribution in [3.05, 3.63) is 52.7 Å². The second kappa shape index (κ2) is 8.50. The predicted molar refractivity (Wildman–Crippen MR) is 106 cm³/mol. The van der Waals surface area contributed by atoms with Crippen molar-refractivity contribution in [2.75, 3.05) is 24.7 Å². The zero-order valence-corrected chi connectivity index (χ0v) is 17.1. The number of nitrogens with zero attached hydrogens (tertiary/aromatic N) is 4. The van der Waals surface area contributed by atoms with Crippen LogP contribution in [0.15, 0.2) is 41.7 Å². The first-order valence-electron chi connectivity index (χ1n) is 8.42. The number of amides is 1. The third kappa shape index (κ3) is 5.13. The molecule has 0 aliphatic rings. The molecular formula is C18H17ClF3N5OS. The largest absolute Gasteiger partial charge is 0.417 e. The van der Waals surface area contributed by atoms with Crippen LogP contribution < -0.4 is 10.2 Å². The van der Waals surface area contributed by atoms with Gasteiger partial charge in [0, 0.05) is 32.5 Å². The van der Waals surface area contributed by atoms with Crippen LogP contribution in [0.3, 0.4) is 0 Å². The second-order valence-electron chi connectivity index (χ2n) is 6.38. The maximum absolute atomic E-state index is 13.0. The highest BCUT2D eigenvalue weighted by Crippen LogP contribution is 2.33. The van der Waals surface area contributed by atoms with Gasteiger partial charge in [0.15, 0.2) is 10.8 Å². The smallest absolute Gasteiger partial charge is 0.378 e. The zero-order valence-electron chi connectivity index (χ0n) is 15.5. The molecule has 0 unspecified atom stereocenters. The Hall–Kier alpha value is -2.46. The van der Waals surface area contributed by atoms with Crippen LogP contribution in [0.4, 0.5) is 18.9 Å². The van der Waals surface area contributed by atoms with Crippen LogP contribution in [0.5, 0.6) is 0 Å². The molecule has 6 nitrogen and oxygen atoms in total. The average Bonchev–Trinajstić information content (AvgIpc) is 3.08. The second-order valence-corrected chi connectivity index (χ2v) is 7.73. The van der Waals surface area contributed by atoms with Crippen molar-refractivity contribution in [3.63, 3.8) is 0 Å². The van der Waals surface area contributed by atoms with Crippen LogP contribution in [-0.4, -0.2) is 40.4 Å². The molecule has 3 rings (SSSR count). The molecule has 0 fully saturated rings. The minimum absolute atomic E-state index is 0.0234. The number of rotatable bonds is 6. The molecule has 1 N–H and O–H groups in total. The molecule has 1 aromatic carbocycles. The van der Waals surface area contributed by atoms with Gasteiger partial charge in [-0.1, -0.05) is 35.5 Å². The molecule has 0 radical (unpaired) electrons. The van der Waals surface area contributed by atoms with Gasteiger partial charge in [0.1, 0.15) is 0 Å². The van der Waals surface area contributed by atoms with E-state index in [9.17, 15) is 18.0 Å². The van der Waals surface area contributed by atoms with E-state index in [1.54, 1.807) is 0 Å². The fraction of sp³-hybridized carbons (Fsp3) is 0.278. The van der Waals surface area contributed by atoms with Crippen molar-refractivity contribution < 1.29 is 18.0 Å². The number of nitrogens with one attached hydrogen (secondary N) is 1. The van der Waals surface area contributed by atoms with Crippen LogP contribution in [0.25, 0.3) is 5.65 Å². The molecule has 0 atom stereocenters. The standard InChI is InChI=1S/C18H17ClF3N5OS/c1-26(2)13-5-3-11(4-6-13)8-23-15(28)10-29-17-25-24-16-14(19)7-12(9-27(16)17)18(20,21)22/h3-7,9H,8,10H2,1-2H3,(H,23,28). The number of pyridine rings is 1.